The van der Waals surface area contributed by atoms with Gasteiger partial charge in [-0.1, -0.05) is 36.4 Å². The number of benzene rings is 2. The van der Waals surface area contributed by atoms with E-state index in [0.29, 0.717) is 0 Å². The molecule has 1 aliphatic rings. The minimum atomic E-state index is 0.229. The Labute approximate surface area is 122 Å². The van der Waals surface area contributed by atoms with Crippen LogP contribution in [0.1, 0.15) is 6.42 Å². The summed E-state index contributed by atoms with van der Waals surface area (Å²) >= 11 is 0. The summed E-state index contributed by atoms with van der Waals surface area (Å²) in [6.07, 6.45) is 1.000. The number of fused-ring (bicyclic) bond motifs is 1. The van der Waals surface area contributed by atoms with Crippen LogP contribution in [-0.4, -0.2) is 34.3 Å². The first-order valence-corrected chi connectivity index (χ1v) is 7.22. The summed E-state index contributed by atoms with van der Waals surface area (Å²) in [5, 5.41) is 9.79. The van der Waals surface area contributed by atoms with Crippen LogP contribution in [0.25, 0.3) is 22.2 Å². The number of H-pyrrole nitrogens is 1. The smallest absolute Gasteiger partial charge is 0.245 e. The average Bonchev–Trinajstić information content (AvgIpc) is 3.15. The normalized spacial score (nSPS) is 18.5. The summed E-state index contributed by atoms with van der Waals surface area (Å²) in [5.41, 5.74) is 6.99. The Morgan fingerprint density at radius 2 is 2.00 bits per heavy atom. The van der Waals surface area contributed by atoms with Gasteiger partial charge in [-0.2, -0.15) is 4.98 Å². The van der Waals surface area contributed by atoms with Crippen molar-refractivity contribution in [2.24, 2.45) is 5.73 Å². The number of rotatable bonds is 2. The highest BCUT2D eigenvalue weighted by molar-refractivity contribution is 5.86. The molecule has 0 saturated carbocycles. The van der Waals surface area contributed by atoms with E-state index in [2.05, 4.69) is 50.4 Å². The van der Waals surface area contributed by atoms with Gasteiger partial charge >= 0.3 is 0 Å². The highest BCUT2D eigenvalue weighted by atomic mass is 15.4. The first-order chi connectivity index (χ1) is 10.3. The van der Waals surface area contributed by atoms with Crippen LogP contribution in [0.2, 0.25) is 0 Å². The lowest BCUT2D eigenvalue weighted by atomic mass is 10.1. The van der Waals surface area contributed by atoms with Gasteiger partial charge in [-0.05, 0) is 23.3 Å². The van der Waals surface area contributed by atoms with E-state index >= 15 is 0 Å². The number of aromatic amines is 1. The molecular weight excluding hydrogens is 262 g/mol. The van der Waals surface area contributed by atoms with Gasteiger partial charge in [0.25, 0.3) is 0 Å². The van der Waals surface area contributed by atoms with Crippen molar-refractivity contribution in [2.45, 2.75) is 12.5 Å². The lowest BCUT2D eigenvalue weighted by molar-refractivity contribution is 0.750. The fraction of sp³-hybridized carbons (Fsp3) is 0.250. The summed E-state index contributed by atoms with van der Waals surface area (Å²) in [5.74, 6) is 1.54. The lowest BCUT2D eigenvalue weighted by Gasteiger charge is -2.11. The van der Waals surface area contributed by atoms with Gasteiger partial charge in [-0.3, -0.25) is 5.10 Å². The van der Waals surface area contributed by atoms with Crippen LogP contribution in [0.5, 0.6) is 0 Å². The van der Waals surface area contributed by atoms with E-state index in [0.717, 1.165) is 36.8 Å². The second kappa shape index (κ2) is 4.86. The molecular formula is C16H17N5. The van der Waals surface area contributed by atoms with Crippen molar-refractivity contribution in [3.05, 3.63) is 42.5 Å². The van der Waals surface area contributed by atoms with Crippen LogP contribution in [0.15, 0.2) is 42.5 Å². The Balaban J connectivity index is 1.67. The summed E-state index contributed by atoms with van der Waals surface area (Å²) in [4.78, 5) is 6.74. The zero-order valence-electron chi connectivity index (χ0n) is 11.7. The van der Waals surface area contributed by atoms with Crippen LogP contribution in [0.3, 0.4) is 0 Å². The van der Waals surface area contributed by atoms with Gasteiger partial charge in [0.1, 0.15) is 0 Å². The Kier molecular flexibility index (Phi) is 2.86. The third-order valence-electron chi connectivity index (χ3n) is 4.00. The Bertz CT molecular complexity index is 779. The molecule has 1 saturated heterocycles. The first-order valence-electron chi connectivity index (χ1n) is 7.22. The highest BCUT2D eigenvalue weighted by Gasteiger charge is 2.22. The molecule has 3 aromatic rings. The van der Waals surface area contributed by atoms with Crippen LogP contribution >= 0.6 is 0 Å². The van der Waals surface area contributed by atoms with E-state index in [9.17, 15) is 0 Å². The zero-order chi connectivity index (χ0) is 14.2. The van der Waals surface area contributed by atoms with Gasteiger partial charge in [0.15, 0.2) is 5.82 Å². The van der Waals surface area contributed by atoms with Crippen molar-refractivity contribution in [1.82, 2.24) is 15.2 Å². The minimum Gasteiger partial charge on any atom is -0.338 e. The average molecular weight is 279 g/mol. The molecule has 1 unspecified atom stereocenters. The molecule has 0 radical (unpaired) electrons. The molecule has 5 heteroatoms. The van der Waals surface area contributed by atoms with Crippen molar-refractivity contribution in [3.8, 4) is 11.4 Å². The van der Waals surface area contributed by atoms with Gasteiger partial charge in [-0.25, -0.2) is 0 Å². The van der Waals surface area contributed by atoms with Gasteiger partial charge in [0, 0.05) is 24.7 Å². The molecule has 2 aromatic carbocycles. The number of nitrogens with zero attached hydrogens (tertiary/aromatic N) is 3. The van der Waals surface area contributed by atoms with Crippen LogP contribution in [-0.2, 0) is 0 Å². The summed E-state index contributed by atoms with van der Waals surface area (Å²) in [6, 6.07) is 14.9. The molecule has 21 heavy (non-hydrogen) atoms. The fourth-order valence-corrected chi connectivity index (χ4v) is 2.83. The number of nitrogens with two attached hydrogens (primary N) is 1. The third-order valence-corrected chi connectivity index (χ3v) is 4.00. The van der Waals surface area contributed by atoms with Crippen LogP contribution in [0, 0.1) is 0 Å². The predicted octanol–water partition coefficient (Wildman–Crippen LogP) is 2.16. The van der Waals surface area contributed by atoms with E-state index in [-0.39, 0.29) is 6.04 Å². The molecule has 5 nitrogen and oxygen atoms in total. The molecule has 0 aliphatic carbocycles. The van der Waals surface area contributed by atoms with Gasteiger partial charge in [0.05, 0.1) is 0 Å². The topological polar surface area (TPSA) is 70.8 Å². The largest absolute Gasteiger partial charge is 0.338 e. The van der Waals surface area contributed by atoms with E-state index < -0.39 is 0 Å². The quantitative estimate of drug-likeness (QED) is 0.754. The number of aromatic nitrogens is 3. The zero-order valence-corrected chi connectivity index (χ0v) is 11.7. The molecule has 3 N–H and O–H groups in total. The van der Waals surface area contributed by atoms with E-state index in [4.69, 9.17) is 5.73 Å². The standard InChI is InChI=1S/C16H17N5/c17-14-7-8-21(10-14)16-18-15(19-20-16)13-6-5-11-3-1-2-4-12(11)9-13/h1-6,9,14H,7-8,10,17H2,(H,18,19,20). The maximum atomic E-state index is 5.94. The van der Waals surface area contributed by atoms with Crippen molar-refractivity contribution in [2.75, 3.05) is 18.0 Å². The van der Waals surface area contributed by atoms with E-state index in [1.807, 2.05) is 12.1 Å². The molecule has 0 amide bonds. The van der Waals surface area contributed by atoms with Crippen molar-refractivity contribution < 1.29 is 0 Å². The monoisotopic (exact) mass is 279 g/mol. The molecule has 0 bridgehead atoms. The molecule has 0 spiro atoms. The van der Waals surface area contributed by atoms with Gasteiger partial charge < -0.3 is 10.6 Å². The second-order valence-electron chi connectivity index (χ2n) is 5.54. The highest BCUT2D eigenvalue weighted by Crippen LogP contribution is 2.24. The molecule has 4 rings (SSSR count). The summed E-state index contributed by atoms with van der Waals surface area (Å²) in [7, 11) is 0. The van der Waals surface area contributed by atoms with Crippen molar-refractivity contribution in [3.63, 3.8) is 0 Å². The Morgan fingerprint density at radius 1 is 1.14 bits per heavy atom. The van der Waals surface area contributed by atoms with E-state index in [1.165, 1.54) is 10.8 Å². The maximum absolute atomic E-state index is 5.94. The van der Waals surface area contributed by atoms with Crippen LogP contribution in [0.4, 0.5) is 5.95 Å². The molecule has 106 valence electrons. The fourth-order valence-electron chi connectivity index (χ4n) is 2.83. The molecule has 2 heterocycles. The SMILES string of the molecule is NC1CCN(c2n[nH]c(-c3ccc4ccccc4c3)n2)C1. The van der Waals surface area contributed by atoms with Crippen molar-refractivity contribution >= 4 is 16.7 Å². The Morgan fingerprint density at radius 3 is 2.81 bits per heavy atom. The summed E-state index contributed by atoms with van der Waals surface area (Å²) in [6.45, 7) is 1.76. The van der Waals surface area contributed by atoms with Gasteiger partial charge in [-0.15, -0.1) is 5.10 Å². The Hall–Kier alpha value is -2.40. The van der Waals surface area contributed by atoms with Gasteiger partial charge in [0.2, 0.25) is 5.95 Å². The van der Waals surface area contributed by atoms with Crippen LogP contribution < -0.4 is 10.6 Å². The lowest BCUT2D eigenvalue weighted by Crippen LogP contribution is -2.26. The number of nitrogens with one attached hydrogen (secondary N) is 1. The number of anilines is 1. The summed E-state index contributed by atoms with van der Waals surface area (Å²) < 4.78 is 0. The molecule has 1 fully saturated rings. The molecule has 1 aliphatic heterocycles. The predicted molar refractivity (Wildman–Crippen MR) is 84.1 cm³/mol. The van der Waals surface area contributed by atoms with Crippen molar-refractivity contribution in [1.29, 1.82) is 0 Å². The maximum Gasteiger partial charge on any atom is 0.245 e. The minimum absolute atomic E-state index is 0.229. The number of hydrogen-bond donors (Lipinski definition) is 2. The molecule has 1 atom stereocenters. The third kappa shape index (κ3) is 2.25. The van der Waals surface area contributed by atoms with E-state index in [1.54, 1.807) is 0 Å². The second-order valence-corrected chi connectivity index (χ2v) is 5.54. The first kappa shape index (κ1) is 12.3. The number of hydrogen-bond acceptors (Lipinski definition) is 4. The molecule has 1 aromatic heterocycles.